The predicted molar refractivity (Wildman–Crippen MR) is 83.2 cm³/mol. The third-order valence-electron chi connectivity index (χ3n) is 3.34. The van der Waals surface area contributed by atoms with E-state index in [0.29, 0.717) is 23.7 Å². The number of unbranched alkanes of at least 4 members (excludes halogenated alkanes) is 5. The summed E-state index contributed by atoms with van der Waals surface area (Å²) < 4.78 is 15.6. The Morgan fingerprint density at radius 3 is 2.43 bits per heavy atom. The van der Waals surface area contributed by atoms with Gasteiger partial charge in [-0.05, 0) is 18.6 Å². The van der Waals surface area contributed by atoms with Crippen molar-refractivity contribution >= 4 is 5.97 Å². The van der Waals surface area contributed by atoms with E-state index in [-0.39, 0.29) is 0 Å². The number of methoxy groups -OCH3 is 2. The Hall–Kier alpha value is -1.71. The molecule has 0 radical (unpaired) electrons. The monoisotopic (exact) mass is 294 g/mol. The lowest BCUT2D eigenvalue weighted by Crippen LogP contribution is -2.05. The normalized spacial score (nSPS) is 10.2. The molecule has 0 amide bonds. The quantitative estimate of drug-likeness (QED) is 0.479. The van der Waals surface area contributed by atoms with E-state index in [9.17, 15) is 4.79 Å². The molecule has 1 rings (SSSR count). The standard InChI is InChI=1S/C17H26O4/c1-4-5-6-7-8-9-12-21-14-10-11-15(17(18)20-3)16(13-14)19-2/h10-11,13H,4-9,12H2,1-3H3. The summed E-state index contributed by atoms with van der Waals surface area (Å²) in [6, 6.07) is 5.16. The van der Waals surface area contributed by atoms with Crippen molar-refractivity contribution in [3.63, 3.8) is 0 Å². The van der Waals surface area contributed by atoms with Crippen LogP contribution in [0, 0.1) is 0 Å². The van der Waals surface area contributed by atoms with E-state index in [4.69, 9.17) is 14.2 Å². The molecule has 4 heteroatoms. The molecule has 0 saturated carbocycles. The lowest BCUT2D eigenvalue weighted by molar-refractivity contribution is 0.0597. The molecule has 4 nitrogen and oxygen atoms in total. The van der Waals surface area contributed by atoms with Crippen LogP contribution in [0.25, 0.3) is 0 Å². The number of carbonyl (C=O) groups excluding carboxylic acids is 1. The summed E-state index contributed by atoms with van der Waals surface area (Å²) in [7, 11) is 2.88. The van der Waals surface area contributed by atoms with Crippen LogP contribution in [0.1, 0.15) is 55.8 Å². The minimum absolute atomic E-state index is 0.408. The van der Waals surface area contributed by atoms with Crippen LogP contribution in [-0.2, 0) is 4.74 Å². The SMILES string of the molecule is CCCCCCCCOc1ccc(C(=O)OC)c(OC)c1. The summed E-state index contributed by atoms with van der Waals surface area (Å²) in [6.45, 7) is 2.90. The summed E-state index contributed by atoms with van der Waals surface area (Å²) in [5, 5.41) is 0. The first-order valence-corrected chi connectivity index (χ1v) is 7.62. The van der Waals surface area contributed by atoms with Crippen molar-refractivity contribution < 1.29 is 19.0 Å². The lowest BCUT2D eigenvalue weighted by atomic mass is 10.1. The molecule has 0 saturated heterocycles. The molecule has 0 bridgehead atoms. The third-order valence-corrected chi connectivity index (χ3v) is 3.34. The fourth-order valence-corrected chi connectivity index (χ4v) is 2.11. The van der Waals surface area contributed by atoms with Crippen LogP contribution in [0.2, 0.25) is 0 Å². The Labute approximate surface area is 127 Å². The van der Waals surface area contributed by atoms with E-state index in [0.717, 1.165) is 6.42 Å². The molecule has 0 spiro atoms. The van der Waals surface area contributed by atoms with E-state index in [1.807, 2.05) is 0 Å². The fraction of sp³-hybridized carbons (Fsp3) is 0.588. The van der Waals surface area contributed by atoms with Crippen LogP contribution in [-0.4, -0.2) is 26.8 Å². The Morgan fingerprint density at radius 1 is 1.05 bits per heavy atom. The van der Waals surface area contributed by atoms with Gasteiger partial charge in [-0.25, -0.2) is 4.79 Å². The second-order valence-electron chi connectivity index (χ2n) is 4.97. The Kier molecular flexibility index (Phi) is 8.32. The van der Waals surface area contributed by atoms with Crippen LogP contribution < -0.4 is 9.47 Å². The summed E-state index contributed by atoms with van der Waals surface area (Å²) in [5.41, 5.74) is 0.409. The number of carbonyl (C=O) groups is 1. The van der Waals surface area contributed by atoms with Crippen molar-refractivity contribution in [1.29, 1.82) is 0 Å². The molecule has 0 fully saturated rings. The highest BCUT2D eigenvalue weighted by Gasteiger charge is 2.13. The summed E-state index contributed by atoms with van der Waals surface area (Å²) in [6.07, 6.45) is 7.39. The lowest BCUT2D eigenvalue weighted by Gasteiger charge is -2.10. The minimum atomic E-state index is -0.408. The first kappa shape index (κ1) is 17.3. The smallest absolute Gasteiger partial charge is 0.341 e. The summed E-state index contributed by atoms with van der Waals surface area (Å²) in [4.78, 5) is 11.5. The molecule has 0 atom stereocenters. The predicted octanol–water partition coefficient (Wildman–Crippen LogP) is 4.22. The number of rotatable bonds is 10. The summed E-state index contributed by atoms with van der Waals surface area (Å²) >= 11 is 0. The van der Waals surface area contributed by atoms with Crippen molar-refractivity contribution in [3.8, 4) is 11.5 Å². The minimum Gasteiger partial charge on any atom is -0.496 e. The van der Waals surface area contributed by atoms with Crippen molar-refractivity contribution in [1.82, 2.24) is 0 Å². The van der Waals surface area contributed by atoms with Crippen molar-refractivity contribution in [3.05, 3.63) is 23.8 Å². The maximum absolute atomic E-state index is 11.5. The Morgan fingerprint density at radius 2 is 1.76 bits per heavy atom. The highest BCUT2D eigenvalue weighted by Crippen LogP contribution is 2.25. The van der Waals surface area contributed by atoms with Gasteiger partial charge < -0.3 is 14.2 Å². The van der Waals surface area contributed by atoms with E-state index < -0.39 is 5.97 Å². The fourth-order valence-electron chi connectivity index (χ4n) is 2.11. The van der Waals surface area contributed by atoms with Crippen LogP contribution in [0.3, 0.4) is 0 Å². The molecule has 1 aromatic carbocycles. The zero-order valence-corrected chi connectivity index (χ0v) is 13.3. The van der Waals surface area contributed by atoms with Crippen LogP contribution in [0.5, 0.6) is 11.5 Å². The zero-order valence-electron chi connectivity index (χ0n) is 13.3. The second kappa shape index (κ2) is 10.1. The van der Waals surface area contributed by atoms with Crippen LogP contribution in [0.4, 0.5) is 0 Å². The van der Waals surface area contributed by atoms with Gasteiger partial charge in [0.25, 0.3) is 0 Å². The maximum Gasteiger partial charge on any atom is 0.341 e. The highest BCUT2D eigenvalue weighted by molar-refractivity contribution is 5.92. The van der Waals surface area contributed by atoms with Gasteiger partial charge in [0.05, 0.1) is 20.8 Å². The molecule has 21 heavy (non-hydrogen) atoms. The Bertz CT molecular complexity index is 429. The number of hydrogen-bond acceptors (Lipinski definition) is 4. The molecule has 0 aliphatic carbocycles. The summed E-state index contributed by atoms with van der Waals surface area (Å²) in [5.74, 6) is 0.782. The molecule has 0 aliphatic heterocycles. The van der Waals surface area contributed by atoms with Gasteiger partial charge in [0, 0.05) is 6.07 Å². The van der Waals surface area contributed by atoms with E-state index in [2.05, 4.69) is 6.92 Å². The molecule has 118 valence electrons. The van der Waals surface area contributed by atoms with E-state index in [1.165, 1.54) is 46.3 Å². The van der Waals surface area contributed by atoms with Gasteiger partial charge in [-0.1, -0.05) is 39.0 Å². The molecule has 0 aliphatic rings. The first-order valence-electron chi connectivity index (χ1n) is 7.62. The molecule has 1 aromatic rings. The topological polar surface area (TPSA) is 44.8 Å². The van der Waals surface area contributed by atoms with Gasteiger partial charge in [-0.2, -0.15) is 0 Å². The van der Waals surface area contributed by atoms with Gasteiger partial charge in [0.2, 0.25) is 0 Å². The number of hydrogen-bond donors (Lipinski definition) is 0. The molecular formula is C17H26O4. The van der Waals surface area contributed by atoms with Gasteiger partial charge in [0.15, 0.2) is 0 Å². The van der Waals surface area contributed by atoms with E-state index >= 15 is 0 Å². The Balaban J connectivity index is 2.40. The molecule has 0 N–H and O–H groups in total. The molecule has 0 heterocycles. The average molecular weight is 294 g/mol. The zero-order chi connectivity index (χ0) is 15.5. The van der Waals surface area contributed by atoms with Crippen molar-refractivity contribution in [2.75, 3.05) is 20.8 Å². The van der Waals surface area contributed by atoms with Crippen LogP contribution in [0.15, 0.2) is 18.2 Å². The van der Waals surface area contributed by atoms with Gasteiger partial charge in [-0.15, -0.1) is 0 Å². The van der Waals surface area contributed by atoms with E-state index in [1.54, 1.807) is 18.2 Å². The van der Waals surface area contributed by atoms with Crippen molar-refractivity contribution in [2.45, 2.75) is 45.4 Å². The largest absolute Gasteiger partial charge is 0.496 e. The molecule has 0 unspecified atom stereocenters. The number of ether oxygens (including phenoxy) is 3. The van der Waals surface area contributed by atoms with Gasteiger partial charge in [0.1, 0.15) is 17.1 Å². The average Bonchev–Trinajstić information content (AvgIpc) is 2.53. The third kappa shape index (κ3) is 6.06. The maximum atomic E-state index is 11.5. The van der Waals surface area contributed by atoms with Crippen LogP contribution >= 0.6 is 0 Å². The first-order chi connectivity index (χ1) is 10.2. The van der Waals surface area contributed by atoms with Gasteiger partial charge >= 0.3 is 5.97 Å². The highest BCUT2D eigenvalue weighted by atomic mass is 16.5. The molecule has 0 aromatic heterocycles. The van der Waals surface area contributed by atoms with Gasteiger partial charge in [-0.3, -0.25) is 0 Å². The number of benzene rings is 1. The second-order valence-corrected chi connectivity index (χ2v) is 4.97. The number of esters is 1. The molecular weight excluding hydrogens is 268 g/mol. The van der Waals surface area contributed by atoms with Crippen molar-refractivity contribution in [2.24, 2.45) is 0 Å².